The lowest BCUT2D eigenvalue weighted by atomic mass is 10.4. The number of hydrogen-bond donors (Lipinski definition) is 0. The van der Waals surface area contributed by atoms with Crippen LogP contribution in [0.25, 0.3) is 5.65 Å². The number of fused-ring (bicyclic) bond motifs is 1. The number of aromatic nitrogens is 2. The van der Waals surface area contributed by atoms with Crippen molar-refractivity contribution in [2.45, 2.75) is 4.90 Å². The standard InChI is InChI=1S/C14H10BrN3O2S/c15-11-4-6-12(7-5-11)21(19,20)17-13-8-10-18-9-2-1-3-14(18)16-13/h1-10H/b17-13-. The van der Waals surface area contributed by atoms with Crippen molar-refractivity contribution < 1.29 is 8.42 Å². The van der Waals surface area contributed by atoms with E-state index in [1.54, 1.807) is 34.9 Å². The molecule has 0 fully saturated rings. The molecule has 1 aromatic carbocycles. The van der Waals surface area contributed by atoms with Crippen molar-refractivity contribution >= 4 is 31.6 Å². The second kappa shape index (κ2) is 5.42. The summed E-state index contributed by atoms with van der Waals surface area (Å²) in [4.78, 5) is 4.34. The van der Waals surface area contributed by atoms with E-state index in [4.69, 9.17) is 0 Å². The smallest absolute Gasteiger partial charge is 0.284 e. The third-order valence-electron chi connectivity index (χ3n) is 2.81. The van der Waals surface area contributed by atoms with E-state index in [0.717, 1.165) is 4.47 Å². The fourth-order valence-corrected chi connectivity index (χ4v) is 3.00. The molecule has 0 unspecified atom stereocenters. The monoisotopic (exact) mass is 363 g/mol. The van der Waals surface area contributed by atoms with Crippen LogP contribution in [0.3, 0.4) is 0 Å². The number of nitrogens with zero attached hydrogens (tertiary/aromatic N) is 3. The van der Waals surface area contributed by atoms with Gasteiger partial charge in [0.05, 0.1) is 4.90 Å². The first-order chi connectivity index (χ1) is 10.0. The summed E-state index contributed by atoms with van der Waals surface area (Å²) < 4.78 is 30.8. The van der Waals surface area contributed by atoms with E-state index in [-0.39, 0.29) is 10.4 Å². The van der Waals surface area contributed by atoms with Crippen LogP contribution in [-0.2, 0) is 10.0 Å². The second-order valence-electron chi connectivity index (χ2n) is 4.27. The van der Waals surface area contributed by atoms with Crippen molar-refractivity contribution in [2.75, 3.05) is 0 Å². The zero-order valence-corrected chi connectivity index (χ0v) is 13.1. The molecule has 21 heavy (non-hydrogen) atoms. The van der Waals surface area contributed by atoms with E-state index in [1.165, 1.54) is 12.1 Å². The molecule has 7 heteroatoms. The molecule has 0 radical (unpaired) electrons. The molecular weight excluding hydrogens is 354 g/mol. The highest BCUT2D eigenvalue weighted by Gasteiger charge is 2.11. The van der Waals surface area contributed by atoms with Crippen molar-refractivity contribution in [3.05, 3.63) is 70.9 Å². The van der Waals surface area contributed by atoms with Gasteiger partial charge in [0.2, 0.25) is 0 Å². The molecule has 5 nitrogen and oxygen atoms in total. The summed E-state index contributed by atoms with van der Waals surface area (Å²) in [5.41, 5.74) is 0.786. The lowest BCUT2D eigenvalue weighted by Gasteiger charge is -2.00. The molecule has 0 saturated heterocycles. The van der Waals surface area contributed by atoms with Crippen LogP contribution in [0.4, 0.5) is 0 Å². The Labute approximate surface area is 129 Å². The number of sulfonamides is 1. The Balaban J connectivity index is 2.12. The molecule has 0 aliphatic heterocycles. The molecule has 106 valence electrons. The van der Waals surface area contributed by atoms with Gasteiger partial charge in [-0.05, 0) is 36.4 Å². The van der Waals surface area contributed by atoms with Gasteiger partial charge in [-0.3, -0.25) is 0 Å². The quantitative estimate of drug-likeness (QED) is 0.702. The number of pyridine rings is 1. The predicted octanol–water partition coefficient (Wildman–Crippen LogP) is 2.39. The second-order valence-corrected chi connectivity index (χ2v) is 6.79. The van der Waals surface area contributed by atoms with E-state index in [2.05, 4.69) is 25.3 Å². The average Bonchev–Trinajstić information content (AvgIpc) is 2.47. The molecule has 0 amide bonds. The van der Waals surface area contributed by atoms with Crippen molar-refractivity contribution in [3.8, 4) is 0 Å². The Bertz CT molecular complexity index is 963. The molecule has 3 rings (SSSR count). The van der Waals surface area contributed by atoms with Crippen LogP contribution in [0.2, 0.25) is 0 Å². The SMILES string of the molecule is O=S(=O)(/N=c1/ccn2ccccc2n1)c1ccc(Br)cc1. The summed E-state index contributed by atoms with van der Waals surface area (Å²) in [6.07, 6.45) is 3.55. The Morgan fingerprint density at radius 3 is 2.52 bits per heavy atom. The van der Waals surface area contributed by atoms with Crippen molar-refractivity contribution in [1.82, 2.24) is 9.38 Å². The first kappa shape index (κ1) is 14.0. The highest BCUT2D eigenvalue weighted by atomic mass is 79.9. The van der Waals surface area contributed by atoms with Crippen LogP contribution in [0, 0.1) is 0 Å². The fourth-order valence-electron chi connectivity index (χ4n) is 1.80. The van der Waals surface area contributed by atoms with Gasteiger partial charge < -0.3 is 4.40 Å². The van der Waals surface area contributed by atoms with E-state index in [9.17, 15) is 8.42 Å². The number of halogens is 1. The van der Waals surface area contributed by atoms with Crippen molar-refractivity contribution in [3.63, 3.8) is 0 Å². The van der Waals surface area contributed by atoms with Crippen LogP contribution in [0.1, 0.15) is 0 Å². The van der Waals surface area contributed by atoms with Crippen LogP contribution in [-0.4, -0.2) is 17.8 Å². The summed E-state index contributed by atoms with van der Waals surface area (Å²) in [6, 6.07) is 13.4. The van der Waals surface area contributed by atoms with Crippen molar-refractivity contribution in [1.29, 1.82) is 0 Å². The van der Waals surface area contributed by atoms with E-state index in [0.29, 0.717) is 5.65 Å². The first-order valence-corrected chi connectivity index (χ1v) is 8.28. The summed E-state index contributed by atoms with van der Waals surface area (Å²) in [5.74, 6) is 0. The zero-order chi connectivity index (χ0) is 14.9. The largest absolute Gasteiger partial charge is 0.308 e. The first-order valence-electron chi connectivity index (χ1n) is 6.05. The maximum Gasteiger partial charge on any atom is 0.284 e. The lowest BCUT2D eigenvalue weighted by Crippen LogP contribution is -2.13. The number of benzene rings is 1. The Morgan fingerprint density at radius 2 is 1.76 bits per heavy atom. The van der Waals surface area contributed by atoms with Crippen LogP contribution in [0.5, 0.6) is 0 Å². The minimum absolute atomic E-state index is 0.133. The molecule has 0 bridgehead atoms. The molecule has 0 aliphatic rings. The van der Waals surface area contributed by atoms with Gasteiger partial charge in [-0.15, -0.1) is 4.40 Å². The van der Waals surface area contributed by atoms with Crippen molar-refractivity contribution in [2.24, 2.45) is 4.40 Å². The van der Waals surface area contributed by atoms with Gasteiger partial charge >= 0.3 is 0 Å². The van der Waals surface area contributed by atoms with Gasteiger partial charge in [0, 0.05) is 22.9 Å². The maximum atomic E-state index is 12.2. The van der Waals surface area contributed by atoms with Gasteiger partial charge in [-0.2, -0.15) is 8.42 Å². The Kier molecular flexibility index (Phi) is 3.60. The van der Waals surface area contributed by atoms with E-state index >= 15 is 0 Å². The summed E-state index contributed by atoms with van der Waals surface area (Å²) >= 11 is 3.27. The molecule has 0 saturated carbocycles. The highest BCUT2D eigenvalue weighted by Crippen LogP contribution is 2.16. The molecular formula is C14H10BrN3O2S. The van der Waals surface area contributed by atoms with Gasteiger partial charge in [0.1, 0.15) is 5.65 Å². The molecule has 0 spiro atoms. The summed E-state index contributed by atoms with van der Waals surface area (Å²) in [6.45, 7) is 0. The van der Waals surface area contributed by atoms with Gasteiger partial charge in [0.25, 0.3) is 10.0 Å². The van der Waals surface area contributed by atoms with Crippen LogP contribution < -0.4 is 5.49 Å². The van der Waals surface area contributed by atoms with Crippen LogP contribution >= 0.6 is 15.9 Å². The third-order valence-corrected chi connectivity index (χ3v) is 4.63. The normalized spacial score (nSPS) is 12.7. The van der Waals surface area contributed by atoms with Gasteiger partial charge in [0.15, 0.2) is 5.49 Å². The minimum atomic E-state index is -3.77. The summed E-state index contributed by atoms with van der Waals surface area (Å²) in [5, 5.41) is 0. The van der Waals surface area contributed by atoms with Gasteiger partial charge in [-0.25, -0.2) is 4.98 Å². The molecule has 0 N–H and O–H groups in total. The molecule has 2 heterocycles. The predicted molar refractivity (Wildman–Crippen MR) is 82.1 cm³/mol. The topological polar surface area (TPSA) is 63.8 Å². The molecule has 3 aromatic rings. The minimum Gasteiger partial charge on any atom is -0.308 e. The molecule has 0 atom stereocenters. The Hall–Kier alpha value is -1.99. The molecule has 2 aromatic heterocycles. The fraction of sp³-hybridized carbons (Fsp3) is 0. The molecule has 0 aliphatic carbocycles. The number of rotatable bonds is 2. The zero-order valence-electron chi connectivity index (χ0n) is 10.7. The highest BCUT2D eigenvalue weighted by molar-refractivity contribution is 9.10. The average molecular weight is 364 g/mol. The maximum absolute atomic E-state index is 12.2. The lowest BCUT2D eigenvalue weighted by molar-refractivity contribution is 0.596. The number of hydrogen-bond acceptors (Lipinski definition) is 3. The van der Waals surface area contributed by atoms with Gasteiger partial charge in [-0.1, -0.05) is 22.0 Å². The Morgan fingerprint density at radius 1 is 1.00 bits per heavy atom. The van der Waals surface area contributed by atoms with E-state index in [1.807, 2.05) is 18.3 Å². The summed E-state index contributed by atoms with van der Waals surface area (Å²) in [7, 11) is -3.77. The van der Waals surface area contributed by atoms with Crippen LogP contribution in [0.15, 0.2) is 74.7 Å². The van der Waals surface area contributed by atoms with E-state index < -0.39 is 10.0 Å². The third kappa shape index (κ3) is 3.03.